The van der Waals surface area contributed by atoms with E-state index in [1.807, 2.05) is 39.0 Å². The molecule has 0 radical (unpaired) electrons. The number of allylic oxidation sites excluding steroid dienone is 10. The maximum Gasteiger partial charge on any atom is 2.00 e. The first-order valence-corrected chi connectivity index (χ1v) is 22.7. The second-order valence-corrected chi connectivity index (χ2v) is 17.0. The first-order chi connectivity index (χ1) is 30.7. The van der Waals surface area contributed by atoms with Crippen molar-refractivity contribution in [3.63, 3.8) is 0 Å². The number of rotatable bonds is 21. The number of nitrogens with one attached hydrogen (secondary N) is 2. The fourth-order valence-corrected chi connectivity index (χ4v) is 9.27. The zero-order valence-corrected chi connectivity index (χ0v) is 40.8. The van der Waals surface area contributed by atoms with E-state index in [1.165, 1.54) is 7.11 Å². The molecule has 4 atom stereocenters. The van der Waals surface area contributed by atoms with Crippen LogP contribution in [0.5, 0.6) is 0 Å². The van der Waals surface area contributed by atoms with Crippen LogP contribution < -0.4 is 43.8 Å². The molecule has 0 aromatic carbocycles. The number of hydrogen-bond acceptors (Lipinski definition) is 16. The van der Waals surface area contributed by atoms with E-state index in [1.54, 1.807) is 6.92 Å². The minimum Gasteiger partial charge on any atom is -0.875 e. The molecule has 1 fully saturated rings. The van der Waals surface area contributed by atoms with Crippen LogP contribution in [-0.2, 0) is 34.7 Å². The topological polar surface area (TPSA) is 274 Å². The summed E-state index contributed by atoms with van der Waals surface area (Å²) in [5.74, 6) is -1.78. The van der Waals surface area contributed by atoms with E-state index in [4.69, 9.17) is 42.6 Å². The predicted octanol–water partition coefficient (Wildman–Crippen LogP) is 0.667. The Hall–Kier alpha value is -4.38. The Kier molecular flexibility index (Phi) is 20.4. The molecule has 0 aromatic heterocycles. The SMILES string of the molecule is CC[C@H]1C2=CC3=NC(=C(CC(=O)OC)C4=NC(=CC5=C(C)/C(=C(/C)[O-])C(=N5)C=C(N2)[C@@H]1C)[C@@H](C)[C@@H]4CCC(=O)NCCN(CCN)CCN)C(C([O-])=NCCN(CCN)CCN)=C3C.[Pd+2]. The van der Waals surface area contributed by atoms with Gasteiger partial charge in [-0.1, -0.05) is 27.7 Å². The Morgan fingerprint density at radius 2 is 1.48 bits per heavy atom. The first kappa shape index (κ1) is 53.2. The molecule has 5 aliphatic rings. The Morgan fingerprint density at radius 1 is 0.846 bits per heavy atom. The predicted molar refractivity (Wildman–Crippen MR) is 251 cm³/mol. The Morgan fingerprint density at radius 3 is 2.08 bits per heavy atom. The molecule has 1 amide bonds. The monoisotopic (exact) mass is 988 g/mol. The van der Waals surface area contributed by atoms with Gasteiger partial charge in [0.05, 0.1) is 48.6 Å². The minimum absolute atomic E-state index is 0. The fourth-order valence-electron chi connectivity index (χ4n) is 9.27. The Balaban J connectivity index is 0.00000925. The Labute approximate surface area is 398 Å². The molecule has 17 nitrogen and oxygen atoms in total. The number of carbonyl (C=O) groups excluding carboxylic acids is 2. The largest absolute Gasteiger partial charge is 2.00 e. The number of carbonyl (C=O) groups is 2. The van der Waals surface area contributed by atoms with Gasteiger partial charge in [-0.15, -0.1) is 5.76 Å². The van der Waals surface area contributed by atoms with Gasteiger partial charge < -0.3 is 48.5 Å². The van der Waals surface area contributed by atoms with Gasteiger partial charge in [-0.25, -0.2) is 9.98 Å². The van der Waals surface area contributed by atoms with Gasteiger partial charge >= 0.3 is 26.4 Å². The van der Waals surface area contributed by atoms with Crippen molar-refractivity contribution in [2.24, 2.45) is 66.6 Å². The summed E-state index contributed by atoms with van der Waals surface area (Å²) in [5, 5.41) is 34.5. The summed E-state index contributed by atoms with van der Waals surface area (Å²) in [6.45, 7) is 17.8. The quantitative estimate of drug-likeness (QED) is 0.0305. The molecule has 0 spiro atoms. The van der Waals surface area contributed by atoms with Crippen molar-refractivity contribution in [3.05, 3.63) is 80.3 Å². The summed E-state index contributed by atoms with van der Waals surface area (Å²) in [6, 6.07) is 0. The summed E-state index contributed by atoms with van der Waals surface area (Å²) in [4.78, 5) is 51.3. The van der Waals surface area contributed by atoms with E-state index in [2.05, 4.69) is 39.3 Å². The van der Waals surface area contributed by atoms with E-state index >= 15 is 0 Å². The molecule has 1 saturated heterocycles. The molecule has 5 rings (SSSR count). The third-order valence-electron chi connectivity index (χ3n) is 12.8. The average Bonchev–Trinajstić information content (AvgIpc) is 3.95. The van der Waals surface area contributed by atoms with Crippen molar-refractivity contribution in [2.75, 3.05) is 85.6 Å². The third kappa shape index (κ3) is 12.7. The molecule has 8 bridgehead atoms. The van der Waals surface area contributed by atoms with Crippen molar-refractivity contribution in [2.45, 2.75) is 67.2 Å². The van der Waals surface area contributed by atoms with E-state index in [9.17, 15) is 19.8 Å². The molecule has 18 heteroatoms. The summed E-state index contributed by atoms with van der Waals surface area (Å²) < 4.78 is 5.28. The number of nitrogens with two attached hydrogens (primary N) is 4. The zero-order chi connectivity index (χ0) is 46.7. The van der Waals surface area contributed by atoms with Crippen LogP contribution in [0.1, 0.15) is 67.2 Å². The second kappa shape index (κ2) is 24.9. The number of methoxy groups -OCH3 is 1. The second-order valence-electron chi connectivity index (χ2n) is 17.0. The van der Waals surface area contributed by atoms with Crippen molar-refractivity contribution in [1.29, 1.82) is 0 Å². The number of aliphatic imine (C=N–C) groups is 4. The van der Waals surface area contributed by atoms with Gasteiger partial charge in [-0.3, -0.25) is 29.4 Å². The van der Waals surface area contributed by atoms with Crippen LogP contribution in [0.25, 0.3) is 0 Å². The maximum atomic E-state index is 14.5. The minimum atomic E-state index is -0.542. The van der Waals surface area contributed by atoms with Gasteiger partial charge in [0.15, 0.2) is 0 Å². The van der Waals surface area contributed by atoms with Crippen LogP contribution in [0.15, 0.2) is 100 Å². The average molecular weight is 990 g/mol. The maximum absolute atomic E-state index is 14.5. The first-order valence-electron chi connectivity index (χ1n) is 22.7. The van der Waals surface area contributed by atoms with E-state index < -0.39 is 11.9 Å². The van der Waals surface area contributed by atoms with Crippen LogP contribution in [-0.4, -0.2) is 130 Å². The van der Waals surface area contributed by atoms with Gasteiger partial charge in [0, 0.05) is 130 Å². The van der Waals surface area contributed by atoms with Gasteiger partial charge in [-0.2, -0.15) is 0 Å². The van der Waals surface area contributed by atoms with Crippen molar-refractivity contribution >= 4 is 34.9 Å². The molecular weight excluding hydrogens is 919 g/mol. The molecule has 10 N–H and O–H groups in total. The van der Waals surface area contributed by atoms with Crippen LogP contribution >= 0.6 is 0 Å². The number of hydrogen-bond donors (Lipinski definition) is 6. The molecule has 5 aliphatic heterocycles. The molecular formula is C47H70N12O5Pd. The van der Waals surface area contributed by atoms with Crippen molar-refractivity contribution in [3.8, 4) is 0 Å². The van der Waals surface area contributed by atoms with E-state index in [-0.39, 0.29) is 80.7 Å². The summed E-state index contributed by atoms with van der Waals surface area (Å²) in [6.07, 6.45) is 6.94. The van der Waals surface area contributed by atoms with Gasteiger partial charge in [0.1, 0.15) is 0 Å². The van der Waals surface area contributed by atoms with E-state index in [0.717, 1.165) is 23.4 Å². The van der Waals surface area contributed by atoms with Crippen molar-refractivity contribution < 1.29 is 45.0 Å². The van der Waals surface area contributed by atoms with Crippen molar-refractivity contribution in [1.82, 2.24) is 20.4 Å². The summed E-state index contributed by atoms with van der Waals surface area (Å²) in [7, 11) is 1.32. The Bertz CT molecular complexity index is 2130. The number of esters is 1. The smallest absolute Gasteiger partial charge is 0.875 e. The van der Waals surface area contributed by atoms with Gasteiger partial charge in [0.2, 0.25) is 5.91 Å². The van der Waals surface area contributed by atoms with E-state index in [0.29, 0.717) is 129 Å². The summed E-state index contributed by atoms with van der Waals surface area (Å²) >= 11 is 0. The van der Waals surface area contributed by atoms with Crippen LogP contribution in [0, 0.1) is 23.7 Å². The standard InChI is InChI=1S/C47H72N12O5.Pd/c1-8-32-27(2)35-26-40-43(31(6)60)29(4)37(55-40)24-36-28(3)33(9-10-41(61)52-15-21-58(17-11-48)18-12-49)45(56-36)34(23-42(62)64-7)46-44(30(5)38(57-46)25-39(32)54-35)47(63)53-16-22-59(19-13-50)20-14-51;/h24-28,32-33,54,60H,8-23,48-51H2,1-7H3,(H,52,61)(H,53,63);/q;+2/p-2/b35-26?,36-24?,39-25?,43-31+,46-34?;/t27-,28+,32-,33+;/m1./s1. The molecule has 358 valence electrons. The molecule has 5 heterocycles. The molecule has 0 unspecified atom stereocenters. The molecule has 65 heavy (non-hydrogen) atoms. The number of fused-ring (bicyclic) bond motifs is 5. The fraction of sp³-hybridized carbons (Fsp3) is 0.574. The van der Waals surface area contributed by atoms with Gasteiger partial charge in [0.25, 0.3) is 0 Å². The molecule has 0 aromatic rings. The number of nitrogens with zero attached hydrogens (tertiary/aromatic N) is 6. The molecule has 0 saturated carbocycles. The van der Waals surface area contributed by atoms with Crippen LogP contribution in [0.2, 0.25) is 0 Å². The van der Waals surface area contributed by atoms with Gasteiger partial charge in [-0.05, 0) is 67.5 Å². The normalized spacial score (nSPS) is 22.7. The zero-order valence-electron chi connectivity index (χ0n) is 39.2. The third-order valence-corrected chi connectivity index (χ3v) is 12.8. The molecule has 0 aliphatic carbocycles. The van der Waals surface area contributed by atoms with Crippen LogP contribution in [0.3, 0.4) is 0 Å². The van der Waals surface area contributed by atoms with Crippen LogP contribution in [0.4, 0.5) is 0 Å². The number of ether oxygens (including phenoxy) is 1. The summed E-state index contributed by atoms with van der Waals surface area (Å²) in [5.41, 5.74) is 30.9. The number of amides is 1.